The molecule has 0 unspecified atom stereocenters. The van der Waals surface area contributed by atoms with Crippen LogP contribution in [0.4, 0.5) is 0 Å². The predicted octanol–water partition coefficient (Wildman–Crippen LogP) is 1.79. The summed E-state index contributed by atoms with van der Waals surface area (Å²) in [6.07, 6.45) is 0. The van der Waals surface area contributed by atoms with Crippen molar-refractivity contribution in [3.8, 4) is 11.5 Å². The summed E-state index contributed by atoms with van der Waals surface area (Å²) in [5.74, 6) is 1.49. The first-order chi connectivity index (χ1) is 11.1. The maximum Gasteiger partial charge on any atom is 0.165 e. The average molecular weight is 340 g/mol. The lowest BCUT2D eigenvalue weighted by Gasteiger charge is -2.46. The third kappa shape index (κ3) is 3.74. The van der Waals surface area contributed by atoms with E-state index >= 15 is 0 Å². The summed E-state index contributed by atoms with van der Waals surface area (Å²) in [7, 11) is 5.54. The molecule has 3 rings (SSSR count). The summed E-state index contributed by atoms with van der Waals surface area (Å²) in [5.41, 5.74) is 1.09. The molecule has 0 amide bonds. The number of rotatable bonds is 4. The summed E-state index contributed by atoms with van der Waals surface area (Å²) in [6.45, 7) is 7.65. The van der Waals surface area contributed by atoms with Gasteiger partial charge in [0.05, 0.1) is 14.2 Å². The molecule has 0 N–H and O–H groups in total. The highest BCUT2D eigenvalue weighted by molar-refractivity contribution is 6.30. The van der Waals surface area contributed by atoms with Crippen LogP contribution in [0.2, 0.25) is 5.02 Å². The number of hydrogen-bond donors (Lipinski definition) is 0. The van der Waals surface area contributed by atoms with Gasteiger partial charge in [-0.3, -0.25) is 9.80 Å². The lowest BCUT2D eigenvalue weighted by Crippen LogP contribution is -2.61. The van der Waals surface area contributed by atoms with E-state index in [0.717, 1.165) is 44.0 Å². The Morgan fingerprint density at radius 3 is 2.61 bits per heavy atom. The summed E-state index contributed by atoms with van der Waals surface area (Å²) in [5, 5.41) is 0.689. The van der Waals surface area contributed by atoms with Crippen LogP contribution in [0.5, 0.6) is 11.5 Å². The number of halogens is 1. The Bertz CT molecular complexity index is 555. The van der Waals surface area contributed by atoms with Crippen LogP contribution in [0, 0.1) is 0 Å². The number of benzene rings is 1. The number of likely N-dealkylation sites (N-methyl/N-ethyl adjacent to an activating group) is 1. The Morgan fingerprint density at radius 1 is 1.09 bits per heavy atom. The molecule has 2 saturated heterocycles. The van der Waals surface area contributed by atoms with Crippen LogP contribution >= 0.6 is 11.6 Å². The highest BCUT2D eigenvalue weighted by Gasteiger charge is 2.31. The predicted molar refractivity (Wildman–Crippen MR) is 92.7 cm³/mol. The van der Waals surface area contributed by atoms with Gasteiger partial charge in [0.1, 0.15) is 0 Å². The molecule has 1 atom stereocenters. The van der Waals surface area contributed by atoms with Crippen molar-refractivity contribution in [1.29, 1.82) is 0 Å². The number of fused-ring (bicyclic) bond motifs is 1. The number of nitrogens with zero attached hydrogens (tertiary/aromatic N) is 3. The van der Waals surface area contributed by atoms with Gasteiger partial charge in [0, 0.05) is 68.5 Å². The van der Waals surface area contributed by atoms with E-state index in [0.29, 0.717) is 16.8 Å². The minimum Gasteiger partial charge on any atom is -0.493 e. The van der Waals surface area contributed by atoms with Crippen molar-refractivity contribution in [1.82, 2.24) is 14.7 Å². The van der Waals surface area contributed by atoms with E-state index in [-0.39, 0.29) is 0 Å². The molecule has 0 aliphatic carbocycles. The van der Waals surface area contributed by atoms with Crippen molar-refractivity contribution in [3.63, 3.8) is 0 Å². The zero-order valence-electron chi connectivity index (χ0n) is 14.2. The molecular formula is C17H26ClN3O2. The van der Waals surface area contributed by atoms with Crippen molar-refractivity contribution < 1.29 is 9.47 Å². The van der Waals surface area contributed by atoms with Crippen LogP contribution < -0.4 is 9.47 Å². The fourth-order valence-electron chi connectivity index (χ4n) is 3.68. The lowest BCUT2D eigenvalue weighted by molar-refractivity contribution is 0.0173. The molecule has 0 saturated carbocycles. The van der Waals surface area contributed by atoms with Gasteiger partial charge in [-0.15, -0.1) is 0 Å². The number of ether oxygens (including phenoxy) is 2. The third-order valence-electron chi connectivity index (χ3n) is 4.89. The molecule has 2 fully saturated rings. The van der Waals surface area contributed by atoms with Gasteiger partial charge in [-0.25, -0.2) is 0 Å². The molecule has 6 heteroatoms. The summed E-state index contributed by atoms with van der Waals surface area (Å²) < 4.78 is 11.0. The second-order valence-corrected chi connectivity index (χ2v) is 6.92. The molecule has 2 heterocycles. The van der Waals surface area contributed by atoms with E-state index in [4.69, 9.17) is 21.1 Å². The Hall–Kier alpha value is -1.01. The number of methoxy groups -OCH3 is 2. The van der Waals surface area contributed by atoms with E-state index < -0.39 is 0 Å². The molecule has 0 spiro atoms. The van der Waals surface area contributed by atoms with E-state index in [2.05, 4.69) is 21.7 Å². The molecule has 1 aromatic rings. The maximum absolute atomic E-state index is 6.24. The van der Waals surface area contributed by atoms with Gasteiger partial charge in [0.25, 0.3) is 0 Å². The number of hydrogen-bond acceptors (Lipinski definition) is 5. The van der Waals surface area contributed by atoms with E-state index in [1.54, 1.807) is 20.3 Å². The van der Waals surface area contributed by atoms with Gasteiger partial charge in [0.15, 0.2) is 11.5 Å². The summed E-state index contributed by atoms with van der Waals surface area (Å²) >= 11 is 6.24. The Morgan fingerprint density at radius 2 is 1.87 bits per heavy atom. The molecule has 1 aromatic carbocycles. The van der Waals surface area contributed by atoms with Crippen LogP contribution in [-0.2, 0) is 6.54 Å². The quantitative estimate of drug-likeness (QED) is 0.834. The summed E-state index contributed by atoms with van der Waals surface area (Å²) in [4.78, 5) is 7.54. The van der Waals surface area contributed by atoms with Gasteiger partial charge >= 0.3 is 0 Å². The van der Waals surface area contributed by atoms with Crippen molar-refractivity contribution >= 4 is 11.6 Å². The van der Waals surface area contributed by atoms with Gasteiger partial charge in [-0.1, -0.05) is 11.6 Å². The van der Waals surface area contributed by atoms with Crippen LogP contribution in [0.25, 0.3) is 0 Å². The zero-order chi connectivity index (χ0) is 16.4. The maximum atomic E-state index is 6.24. The Balaban J connectivity index is 1.73. The minimum atomic E-state index is 0.620. The normalized spacial score (nSPS) is 23.6. The molecule has 0 bridgehead atoms. The summed E-state index contributed by atoms with van der Waals surface area (Å²) in [6, 6.07) is 4.41. The van der Waals surface area contributed by atoms with Crippen LogP contribution in [0.1, 0.15) is 5.56 Å². The molecule has 2 aliphatic heterocycles. The molecule has 128 valence electrons. The molecule has 23 heavy (non-hydrogen) atoms. The first-order valence-electron chi connectivity index (χ1n) is 8.16. The standard InChI is InChI=1S/C17H26ClN3O2/c1-19-4-6-21-7-5-20(12-15(21)11-19)10-13-8-14(18)9-16(22-2)17(13)23-3/h8-9,15H,4-7,10-12H2,1-3H3/t15-/m1/s1. The van der Waals surface area contributed by atoms with Crippen LogP contribution in [-0.4, -0.2) is 81.3 Å². The van der Waals surface area contributed by atoms with Gasteiger partial charge in [-0.05, 0) is 13.1 Å². The highest BCUT2D eigenvalue weighted by atomic mass is 35.5. The van der Waals surface area contributed by atoms with E-state index in [1.807, 2.05) is 6.07 Å². The first-order valence-corrected chi connectivity index (χ1v) is 8.54. The van der Waals surface area contributed by atoms with E-state index in [1.165, 1.54) is 13.1 Å². The van der Waals surface area contributed by atoms with Crippen molar-refractivity contribution in [2.75, 3.05) is 60.5 Å². The monoisotopic (exact) mass is 339 g/mol. The second-order valence-electron chi connectivity index (χ2n) is 6.49. The van der Waals surface area contributed by atoms with Crippen molar-refractivity contribution in [2.24, 2.45) is 0 Å². The molecular weight excluding hydrogens is 314 g/mol. The molecule has 0 radical (unpaired) electrons. The van der Waals surface area contributed by atoms with E-state index in [9.17, 15) is 0 Å². The average Bonchev–Trinajstić information content (AvgIpc) is 2.54. The fourth-order valence-corrected chi connectivity index (χ4v) is 3.91. The molecule has 5 nitrogen and oxygen atoms in total. The SMILES string of the molecule is COc1cc(Cl)cc(CN2CCN3CCN(C)C[C@@H]3C2)c1OC. The Kier molecular flexibility index (Phi) is 5.31. The Labute approximate surface area is 143 Å². The largest absolute Gasteiger partial charge is 0.493 e. The van der Waals surface area contributed by atoms with Crippen LogP contribution in [0.15, 0.2) is 12.1 Å². The number of piperazine rings is 2. The van der Waals surface area contributed by atoms with Crippen molar-refractivity contribution in [2.45, 2.75) is 12.6 Å². The zero-order valence-corrected chi connectivity index (χ0v) is 15.0. The molecule has 2 aliphatic rings. The minimum absolute atomic E-state index is 0.620. The topological polar surface area (TPSA) is 28.2 Å². The second kappa shape index (κ2) is 7.26. The lowest BCUT2D eigenvalue weighted by atomic mass is 10.1. The van der Waals surface area contributed by atoms with Gasteiger partial charge in [0.2, 0.25) is 0 Å². The first kappa shape index (κ1) is 16.8. The third-order valence-corrected chi connectivity index (χ3v) is 5.11. The van der Waals surface area contributed by atoms with Crippen molar-refractivity contribution in [3.05, 3.63) is 22.7 Å². The highest BCUT2D eigenvalue weighted by Crippen LogP contribution is 2.35. The molecule has 0 aromatic heterocycles. The van der Waals surface area contributed by atoms with Gasteiger partial charge in [-0.2, -0.15) is 0 Å². The van der Waals surface area contributed by atoms with Crippen LogP contribution in [0.3, 0.4) is 0 Å². The van der Waals surface area contributed by atoms with Gasteiger partial charge < -0.3 is 14.4 Å². The smallest absolute Gasteiger partial charge is 0.165 e. The fraction of sp³-hybridized carbons (Fsp3) is 0.647.